The van der Waals surface area contributed by atoms with E-state index in [1.807, 2.05) is 0 Å². The largest absolute Gasteiger partial charge is 0.356 e. The van der Waals surface area contributed by atoms with Gasteiger partial charge in [-0.2, -0.15) is 0 Å². The van der Waals surface area contributed by atoms with Crippen molar-refractivity contribution in [2.75, 3.05) is 26.2 Å². The van der Waals surface area contributed by atoms with Crippen LogP contribution in [-0.2, 0) is 4.79 Å². The van der Waals surface area contributed by atoms with E-state index in [9.17, 15) is 4.79 Å². The van der Waals surface area contributed by atoms with E-state index >= 15 is 0 Å². The fraction of sp³-hybridized carbons (Fsp3) is 0.800. The Hall–Kier alpha value is -0.830. The van der Waals surface area contributed by atoms with Gasteiger partial charge < -0.3 is 5.32 Å². The molecule has 0 aromatic carbocycles. The van der Waals surface area contributed by atoms with Gasteiger partial charge in [0.1, 0.15) is 0 Å². The van der Waals surface area contributed by atoms with Crippen LogP contribution in [0.25, 0.3) is 0 Å². The van der Waals surface area contributed by atoms with Gasteiger partial charge in [-0.3, -0.25) is 9.69 Å². The molecule has 3 nitrogen and oxygen atoms in total. The van der Waals surface area contributed by atoms with Crippen LogP contribution < -0.4 is 5.32 Å². The summed E-state index contributed by atoms with van der Waals surface area (Å²) in [6, 6.07) is 0. The highest BCUT2D eigenvalue weighted by molar-refractivity contribution is 5.72. The molecule has 0 unspecified atom stereocenters. The number of hydrogen-bond donors (Lipinski definition) is 1. The van der Waals surface area contributed by atoms with Gasteiger partial charge in [0.25, 0.3) is 0 Å². The highest BCUT2D eigenvalue weighted by Crippen LogP contribution is 2.19. The molecule has 1 fully saturated rings. The van der Waals surface area contributed by atoms with Gasteiger partial charge in [0.2, 0.25) is 5.91 Å². The lowest BCUT2D eigenvalue weighted by Gasteiger charge is -2.33. The molecule has 1 heterocycles. The number of rotatable bonds is 6. The van der Waals surface area contributed by atoms with E-state index in [2.05, 4.69) is 30.1 Å². The molecular weight excluding hydrogens is 224 g/mol. The Morgan fingerprint density at radius 1 is 1.44 bits per heavy atom. The van der Waals surface area contributed by atoms with Crippen molar-refractivity contribution in [3.8, 4) is 0 Å². The van der Waals surface area contributed by atoms with Gasteiger partial charge in [0.15, 0.2) is 0 Å². The van der Waals surface area contributed by atoms with Gasteiger partial charge in [0.05, 0.1) is 0 Å². The second-order valence-corrected chi connectivity index (χ2v) is 5.47. The molecule has 0 aromatic rings. The summed E-state index contributed by atoms with van der Waals surface area (Å²) in [6.45, 7) is 10.4. The quantitative estimate of drug-likeness (QED) is 0.737. The van der Waals surface area contributed by atoms with Crippen LogP contribution in [-0.4, -0.2) is 37.0 Å². The topological polar surface area (TPSA) is 32.3 Å². The smallest absolute Gasteiger partial charge is 0.216 e. The summed E-state index contributed by atoms with van der Waals surface area (Å²) in [6.07, 6.45) is 7.18. The van der Waals surface area contributed by atoms with Crippen molar-refractivity contribution in [1.82, 2.24) is 10.2 Å². The molecule has 1 atom stereocenters. The Labute approximate surface area is 112 Å². The average Bonchev–Trinajstić information content (AvgIpc) is 2.29. The molecule has 18 heavy (non-hydrogen) atoms. The molecule has 104 valence electrons. The minimum absolute atomic E-state index is 0.0874. The van der Waals surface area contributed by atoms with E-state index in [4.69, 9.17) is 0 Å². The van der Waals surface area contributed by atoms with E-state index < -0.39 is 0 Å². The van der Waals surface area contributed by atoms with Gasteiger partial charge >= 0.3 is 0 Å². The third-order valence-corrected chi connectivity index (χ3v) is 3.56. The maximum absolute atomic E-state index is 10.8. The number of amides is 1. The second-order valence-electron chi connectivity index (χ2n) is 5.47. The Kier molecular flexibility index (Phi) is 7.02. The number of carbonyl (C=O) groups is 1. The fourth-order valence-corrected chi connectivity index (χ4v) is 2.75. The third kappa shape index (κ3) is 6.20. The van der Waals surface area contributed by atoms with Crippen LogP contribution in [0.2, 0.25) is 0 Å². The number of hydrogen-bond acceptors (Lipinski definition) is 2. The molecule has 0 aromatic heterocycles. The molecular formula is C15H28N2O. The van der Waals surface area contributed by atoms with Crippen molar-refractivity contribution in [2.45, 2.75) is 46.5 Å². The second kappa shape index (κ2) is 8.30. The monoisotopic (exact) mass is 252 g/mol. The molecule has 0 radical (unpaired) electrons. The molecule has 0 aliphatic carbocycles. The van der Waals surface area contributed by atoms with Crippen molar-refractivity contribution in [1.29, 1.82) is 0 Å². The number of carbonyl (C=O) groups excluding carboxylic acids is 1. The summed E-state index contributed by atoms with van der Waals surface area (Å²) in [5, 5.41) is 2.90. The summed E-state index contributed by atoms with van der Waals surface area (Å²) in [4.78, 5) is 13.4. The number of nitrogens with zero attached hydrogens (tertiary/aromatic N) is 1. The number of likely N-dealkylation sites (tertiary alicyclic amines) is 1. The molecule has 0 saturated carbocycles. The lowest BCUT2D eigenvalue weighted by molar-refractivity contribution is -0.119. The van der Waals surface area contributed by atoms with Gasteiger partial charge in [-0.15, -0.1) is 0 Å². The van der Waals surface area contributed by atoms with Gasteiger partial charge in [0, 0.05) is 26.6 Å². The molecule has 1 saturated heterocycles. The van der Waals surface area contributed by atoms with Crippen LogP contribution in [0.15, 0.2) is 11.6 Å². The zero-order chi connectivity index (χ0) is 13.4. The Morgan fingerprint density at radius 2 is 2.22 bits per heavy atom. The van der Waals surface area contributed by atoms with Crippen LogP contribution in [0.5, 0.6) is 0 Å². The van der Waals surface area contributed by atoms with Crippen LogP contribution in [0, 0.1) is 5.92 Å². The van der Waals surface area contributed by atoms with E-state index in [0.717, 1.165) is 31.8 Å². The first kappa shape index (κ1) is 15.2. The van der Waals surface area contributed by atoms with E-state index in [0.29, 0.717) is 0 Å². The van der Waals surface area contributed by atoms with Gasteiger partial charge in [-0.05, 0) is 45.1 Å². The predicted molar refractivity (Wildman–Crippen MR) is 76.5 cm³/mol. The minimum atomic E-state index is 0.0874. The Bertz CT molecular complexity index is 286. The third-order valence-electron chi connectivity index (χ3n) is 3.56. The number of allylic oxidation sites excluding steroid dienone is 1. The molecule has 0 bridgehead atoms. The summed E-state index contributed by atoms with van der Waals surface area (Å²) in [5.74, 6) is 0.837. The molecule has 3 heteroatoms. The Morgan fingerprint density at radius 3 is 2.89 bits per heavy atom. The number of piperidine rings is 1. The lowest BCUT2D eigenvalue weighted by Crippen LogP contribution is -2.37. The first-order chi connectivity index (χ1) is 8.61. The normalized spacial score (nSPS) is 21.9. The zero-order valence-electron chi connectivity index (χ0n) is 12.2. The fourth-order valence-electron chi connectivity index (χ4n) is 2.75. The first-order valence-electron chi connectivity index (χ1n) is 7.24. The lowest BCUT2D eigenvalue weighted by atomic mass is 9.94. The summed E-state index contributed by atoms with van der Waals surface area (Å²) >= 11 is 0. The molecule has 1 rings (SSSR count). The van der Waals surface area contributed by atoms with Crippen molar-refractivity contribution < 1.29 is 4.79 Å². The van der Waals surface area contributed by atoms with E-state index in [1.54, 1.807) is 6.92 Å². The summed E-state index contributed by atoms with van der Waals surface area (Å²) in [7, 11) is 0. The van der Waals surface area contributed by atoms with Crippen molar-refractivity contribution in [3.05, 3.63) is 11.6 Å². The Balaban J connectivity index is 2.27. The maximum Gasteiger partial charge on any atom is 0.216 e. The highest BCUT2D eigenvalue weighted by atomic mass is 16.1. The summed E-state index contributed by atoms with van der Waals surface area (Å²) in [5.41, 5.74) is 1.49. The standard InChI is InChI=1S/C15H28N2O/c1-4-6-13(2)11-17-10-5-7-15(12-17)8-9-16-14(3)18/h6,15H,4-5,7-12H2,1-3H3,(H,16,18)/b13-6+/t15-/m0/s1. The average molecular weight is 252 g/mol. The van der Waals surface area contributed by atoms with Crippen molar-refractivity contribution in [2.24, 2.45) is 5.92 Å². The minimum Gasteiger partial charge on any atom is -0.356 e. The van der Waals surface area contributed by atoms with E-state index in [1.165, 1.54) is 31.5 Å². The van der Waals surface area contributed by atoms with Gasteiger partial charge in [-0.25, -0.2) is 0 Å². The molecule has 1 aliphatic heterocycles. The summed E-state index contributed by atoms with van der Waals surface area (Å²) < 4.78 is 0. The maximum atomic E-state index is 10.8. The molecule has 1 N–H and O–H groups in total. The first-order valence-corrected chi connectivity index (χ1v) is 7.24. The predicted octanol–water partition coefficient (Wildman–Crippen LogP) is 2.58. The van der Waals surface area contributed by atoms with Gasteiger partial charge in [-0.1, -0.05) is 18.6 Å². The molecule has 1 aliphatic rings. The van der Waals surface area contributed by atoms with Crippen LogP contribution >= 0.6 is 0 Å². The van der Waals surface area contributed by atoms with Crippen LogP contribution in [0.4, 0.5) is 0 Å². The zero-order valence-corrected chi connectivity index (χ0v) is 12.2. The molecule has 1 amide bonds. The SMILES string of the molecule is CC/C=C(\C)CN1CCC[C@@H](CCNC(C)=O)C1. The van der Waals surface area contributed by atoms with Crippen LogP contribution in [0.1, 0.15) is 46.5 Å². The highest BCUT2D eigenvalue weighted by Gasteiger charge is 2.19. The molecule has 0 spiro atoms. The van der Waals surface area contributed by atoms with Crippen molar-refractivity contribution >= 4 is 5.91 Å². The van der Waals surface area contributed by atoms with Crippen molar-refractivity contribution in [3.63, 3.8) is 0 Å². The van der Waals surface area contributed by atoms with E-state index in [-0.39, 0.29) is 5.91 Å². The van der Waals surface area contributed by atoms with Crippen LogP contribution in [0.3, 0.4) is 0 Å². The number of nitrogens with one attached hydrogen (secondary N) is 1.